The molecule has 5 heteroatoms. The van der Waals surface area contributed by atoms with Crippen molar-refractivity contribution in [2.45, 2.75) is 33.6 Å². The Morgan fingerprint density at radius 1 is 0.966 bits per heavy atom. The van der Waals surface area contributed by atoms with E-state index in [0.717, 1.165) is 29.1 Å². The van der Waals surface area contributed by atoms with Crippen LogP contribution in [0.3, 0.4) is 0 Å². The van der Waals surface area contributed by atoms with Gasteiger partial charge in [0.05, 0.1) is 6.67 Å². The number of benzene rings is 2. The lowest BCUT2D eigenvalue weighted by Gasteiger charge is -2.45. The molecule has 0 spiro atoms. The summed E-state index contributed by atoms with van der Waals surface area (Å²) in [6.07, 6.45) is 1.42. The molecule has 0 N–H and O–H groups in total. The number of carbonyl (C=O) groups excluding carboxylic acids is 2. The number of hydrogen-bond acceptors (Lipinski definition) is 4. The summed E-state index contributed by atoms with van der Waals surface area (Å²) in [7, 11) is 0. The molecule has 0 amide bonds. The van der Waals surface area contributed by atoms with Crippen LogP contribution in [0.4, 0.5) is 11.4 Å². The molecule has 1 heterocycles. The Bertz CT molecular complexity index is 991. The van der Waals surface area contributed by atoms with E-state index in [0.29, 0.717) is 30.2 Å². The van der Waals surface area contributed by atoms with Crippen molar-refractivity contribution in [2.24, 2.45) is 5.41 Å². The number of halogens is 1. The number of carbonyl (C=O) groups is 2. The molecule has 2 aromatic carbocycles. The summed E-state index contributed by atoms with van der Waals surface area (Å²) in [6.45, 7) is 7.12. The number of rotatable bonds is 3. The van der Waals surface area contributed by atoms with Gasteiger partial charge in [-0.05, 0) is 67.3 Å². The van der Waals surface area contributed by atoms with Crippen molar-refractivity contribution in [3.05, 3.63) is 70.4 Å². The molecule has 2 aromatic rings. The second-order valence-corrected chi connectivity index (χ2v) is 9.15. The number of Topliss-reactive ketones (excluding diaryl/α,β-unsaturated/α-hetero) is 2. The minimum atomic E-state index is -0.0596. The zero-order valence-electron chi connectivity index (χ0n) is 17.0. The summed E-state index contributed by atoms with van der Waals surface area (Å²) < 4.78 is 0. The van der Waals surface area contributed by atoms with E-state index in [2.05, 4.69) is 23.6 Å². The maximum absolute atomic E-state index is 13.0. The first-order valence-corrected chi connectivity index (χ1v) is 10.3. The number of nitrogens with zero attached hydrogens (tertiary/aromatic N) is 2. The van der Waals surface area contributed by atoms with Crippen molar-refractivity contribution in [1.82, 2.24) is 0 Å². The Morgan fingerprint density at radius 2 is 1.59 bits per heavy atom. The number of allylic oxidation sites excluding steroid dienone is 1. The normalized spacial score (nSPS) is 18.7. The highest BCUT2D eigenvalue weighted by Gasteiger charge is 2.39. The molecule has 1 aliphatic heterocycles. The topological polar surface area (TPSA) is 40.6 Å². The van der Waals surface area contributed by atoms with Gasteiger partial charge in [-0.15, -0.1) is 0 Å². The predicted octanol–water partition coefficient (Wildman–Crippen LogP) is 5.47. The largest absolute Gasteiger partial charge is 0.349 e. The van der Waals surface area contributed by atoms with Gasteiger partial charge in [-0.1, -0.05) is 25.4 Å². The molecule has 150 valence electrons. The average Bonchev–Trinajstić information content (AvgIpc) is 2.67. The fourth-order valence-electron chi connectivity index (χ4n) is 4.20. The molecule has 0 aromatic heterocycles. The highest BCUT2D eigenvalue weighted by Crippen LogP contribution is 2.42. The monoisotopic (exact) mass is 408 g/mol. The van der Waals surface area contributed by atoms with Gasteiger partial charge in [-0.2, -0.15) is 0 Å². The van der Waals surface area contributed by atoms with E-state index < -0.39 is 0 Å². The van der Waals surface area contributed by atoms with Crippen LogP contribution in [0.15, 0.2) is 59.8 Å². The van der Waals surface area contributed by atoms with Crippen molar-refractivity contribution in [2.75, 3.05) is 23.0 Å². The van der Waals surface area contributed by atoms with Gasteiger partial charge >= 0.3 is 0 Å². The Morgan fingerprint density at radius 3 is 2.21 bits per heavy atom. The van der Waals surface area contributed by atoms with Crippen molar-refractivity contribution in [3.8, 4) is 0 Å². The van der Waals surface area contributed by atoms with E-state index in [1.165, 1.54) is 0 Å². The Balaban J connectivity index is 1.77. The molecule has 0 saturated heterocycles. The van der Waals surface area contributed by atoms with Crippen molar-refractivity contribution in [1.29, 1.82) is 0 Å². The van der Waals surface area contributed by atoms with E-state index >= 15 is 0 Å². The van der Waals surface area contributed by atoms with Gasteiger partial charge in [0, 0.05) is 46.2 Å². The first-order valence-electron chi connectivity index (χ1n) is 9.88. The van der Waals surface area contributed by atoms with E-state index in [1.807, 2.05) is 48.5 Å². The molecule has 0 atom stereocenters. The molecule has 0 saturated carbocycles. The van der Waals surface area contributed by atoms with Gasteiger partial charge < -0.3 is 9.80 Å². The van der Waals surface area contributed by atoms with Crippen LogP contribution in [0.25, 0.3) is 0 Å². The summed E-state index contributed by atoms with van der Waals surface area (Å²) in [5.74, 6) is 0.270. The van der Waals surface area contributed by atoms with Gasteiger partial charge in [-0.25, -0.2) is 0 Å². The van der Waals surface area contributed by atoms with Crippen LogP contribution in [0, 0.1) is 5.41 Å². The maximum Gasteiger partial charge on any atom is 0.162 e. The molecule has 4 nitrogen and oxygen atoms in total. The molecule has 2 aliphatic rings. The standard InChI is InChI=1S/C24H25ClN2O2/c1-16(28)17-4-8-20(9-5-17)27-15-26(19-10-6-18(25)7-11-19)14-21-22(27)12-24(2,3)13-23(21)29/h4-11H,12-15H2,1-3H3. The second kappa shape index (κ2) is 7.34. The minimum Gasteiger partial charge on any atom is -0.349 e. The zero-order chi connectivity index (χ0) is 20.8. The molecular weight excluding hydrogens is 384 g/mol. The van der Waals surface area contributed by atoms with E-state index in [-0.39, 0.29) is 17.0 Å². The van der Waals surface area contributed by atoms with Gasteiger partial charge in [0.2, 0.25) is 0 Å². The fourth-order valence-corrected chi connectivity index (χ4v) is 4.32. The van der Waals surface area contributed by atoms with Crippen molar-refractivity contribution < 1.29 is 9.59 Å². The van der Waals surface area contributed by atoms with Crippen LogP contribution in [-0.2, 0) is 4.79 Å². The van der Waals surface area contributed by atoms with Crippen LogP contribution in [0.2, 0.25) is 5.02 Å². The molecule has 29 heavy (non-hydrogen) atoms. The number of anilines is 2. The Labute approximate surface area is 176 Å². The highest BCUT2D eigenvalue weighted by molar-refractivity contribution is 6.30. The van der Waals surface area contributed by atoms with Crippen molar-refractivity contribution in [3.63, 3.8) is 0 Å². The summed E-state index contributed by atoms with van der Waals surface area (Å²) in [5.41, 5.74) is 4.65. The van der Waals surface area contributed by atoms with E-state index in [4.69, 9.17) is 11.6 Å². The first-order chi connectivity index (χ1) is 13.7. The number of ketones is 2. The summed E-state index contributed by atoms with van der Waals surface area (Å²) in [6, 6.07) is 15.4. The smallest absolute Gasteiger partial charge is 0.162 e. The lowest BCUT2D eigenvalue weighted by molar-refractivity contribution is -0.118. The fraction of sp³-hybridized carbons (Fsp3) is 0.333. The molecule has 1 aliphatic carbocycles. The number of hydrogen-bond donors (Lipinski definition) is 0. The van der Waals surface area contributed by atoms with Crippen LogP contribution >= 0.6 is 11.6 Å². The van der Waals surface area contributed by atoms with Gasteiger partial charge in [-0.3, -0.25) is 9.59 Å². The molecule has 0 unspecified atom stereocenters. The summed E-state index contributed by atoms with van der Waals surface area (Å²) in [4.78, 5) is 29.1. The summed E-state index contributed by atoms with van der Waals surface area (Å²) >= 11 is 6.06. The van der Waals surface area contributed by atoms with Crippen LogP contribution in [0.5, 0.6) is 0 Å². The molecule has 4 rings (SSSR count). The summed E-state index contributed by atoms with van der Waals surface area (Å²) in [5, 5.41) is 0.692. The first kappa shape index (κ1) is 19.7. The zero-order valence-corrected chi connectivity index (χ0v) is 17.8. The predicted molar refractivity (Wildman–Crippen MR) is 118 cm³/mol. The highest BCUT2D eigenvalue weighted by atomic mass is 35.5. The quantitative estimate of drug-likeness (QED) is 0.631. The van der Waals surface area contributed by atoms with Crippen LogP contribution in [0.1, 0.15) is 44.0 Å². The third-order valence-corrected chi connectivity index (χ3v) is 5.99. The lowest BCUT2D eigenvalue weighted by Crippen LogP contribution is -2.48. The lowest BCUT2D eigenvalue weighted by atomic mass is 9.74. The second-order valence-electron chi connectivity index (χ2n) is 8.71. The molecule has 0 radical (unpaired) electrons. The molecule has 0 bridgehead atoms. The SMILES string of the molecule is CC(=O)c1ccc(N2CN(c3ccc(Cl)cc3)CC3=C2CC(C)(C)CC3=O)cc1. The van der Waals surface area contributed by atoms with E-state index in [1.54, 1.807) is 6.92 Å². The third-order valence-electron chi connectivity index (χ3n) is 5.73. The maximum atomic E-state index is 13.0. The van der Waals surface area contributed by atoms with Crippen molar-refractivity contribution >= 4 is 34.5 Å². The minimum absolute atomic E-state index is 0.0480. The van der Waals surface area contributed by atoms with Crippen LogP contribution in [-0.4, -0.2) is 24.8 Å². The molecule has 0 fully saturated rings. The molecular formula is C24H25ClN2O2. The van der Waals surface area contributed by atoms with Crippen LogP contribution < -0.4 is 9.80 Å². The Kier molecular flexibility index (Phi) is 4.99. The average molecular weight is 409 g/mol. The van der Waals surface area contributed by atoms with Gasteiger partial charge in [0.25, 0.3) is 0 Å². The van der Waals surface area contributed by atoms with E-state index in [9.17, 15) is 9.59 Å². The van der Waals surface area contributed by atoms with Gasteiger partial charge in [0.1, 0.15) is 0 Å². The third kappa shape index (κ3) is 3.95. The van der Waals surface area contributed by atoms with Gasteiger partial charge in [0.15, 0.2) is 11.6 Å². The Hall–Kier alpha value is -2.59.